The highest BCUT2D eigenvalue weighted by Gasteiger charge is 1.98. The number of aromatic nitrogens is 2. The highest BCUT2D eigenvalue weighted by atomic mass is 35.5. The molecule has 2 aromatic rings. The van der Waals surface area contributed by atoms with Crippen LogP contribution in [0.15, 0.2) is 24.5 Å². The normalized spacial score (nSPS) is 10.9. The molecule has 0 aromatic carbocycles. The lowest BCUT2D eigenvalue weighted by Crippen LogP contribution is -2.22. The third-order valence-electron chi connectivity index (χ3n) is 2.63. The fraction of sp³-hybridized carbons (Fsp3) is 0.417. The van der Waals surface area contributed by atoms with Crippen molar-refractivity contribution in [2.24, 2.45) is 0 Å². The van der Waals surface area contributed by atoms with Crippen molar-refractivity contribution in [2.45, 2.75) is 19.9 Å². The van der Waals surface area contributed by atoms with E-state index in [0.717, 1.165) is 36.2 Å². The molecule has 92 valence electrons. The molecule has 0 bridgehead atoms. The molecular weight excluding hydrogens is 254 g/mol. The maximum Gasteiger partial charge on any atom is 0.105 e. The van der Waals surface area contributed by atoms with E-state index < -0.39 is 0 Å². The predicted molar refractivity (Wildman–Crippen MR) is 72.9 cm³/mol. The van der Waals surface area contributed by atoms with E-state index in [2.05, 4.69) is 20.9 Å². The smallest absolute Gasteiger partial charge is 0.105 e. The molecule has 0 radical (unpaired) electrons. The Balaban J connectivity index is 1.62. The molecule has 0 amide bonds. The van der Waals surface area contributed by atoms with E-state index >= 15 is 0 Å². The van der Waals surface area contributed by atoms with Gasteiger partial charge in [0, 0.05) is 36.9 Å². The van der Waals surface area contributed by atoms with Crippen LogP contribution in [0, 0.1) is 6.92 Å². The predicted octanol–water partition coefficient (Wildman–Crippen LogP) is 2.74. The Morgan fingerprint density at radius 2 is 2.29 bits per heavy atom. The zero-order chi connectivity index (χ0) is 12.1. The van der Waals surface area contributed by atoms with Gasteiger partial charge in [-0.1, -0.05) is 11.6 Å². The minimum atomic E-state index is 0.869. The lowest BCUT2D eigenvalue weighted by molar-refractivity contribution is 0.590. The first kappa shape index (κ1) is 12.6. The molecule has 0 aliphatic carbocycles. The maximum absolute atomic E-state index is 5.87. The molecule has 5 heteroatoms. The Kier molecular flexibility index (Phi) is 4.59. The highest BCUT2D eigenvalue weighted by Crippen LogP contribution is 2.21. The second-order valence-electron chi connectivity index (χ2n) is 3.87. The first-order valence-electron chi connectivity index (χ1n) is 5.68. The minimum Gasteiger partial charge on any atom is -0.334 e. The molecule has 1 N–H and O–H groups in total. The molecule has 2 rings (SSSR count). The lowest BCUT2D eigenvalue weighted by atomic mass is 10.3. The molecule has 2 heterocycles. The average molecular weight is 270 g/mol. The number of halogens is 1. The summed E-state index contributed by atoms with van der Waals surface area (Å²) in [7, 11) is 0. The molecule has 0 aliphatic heterocycles. The van der Waals surface area contributed by atoms with Gasteiger partial charge in [-0.3, -0.25) is 0 Å². The number of rotatable bonds is 6. The van der Waals surface area contributed by atoms with Crippen molar-refractivity contribution in [3.05, 3.63) is 39.6 Å². The zero-order valence-electron chi connectivity index (χ0n) is 9.82. The van der Waals surface area contributed by atoms with E-state index in [9.17, 15) is 0 Å². The summed E-state index contributed by atoms with van der Waals surface area (Å²) >= 11 is 7.53. The van der Waals surface area contributed by atoms with Crippen molar-refractivity contribution in [3.8, 4) is 0 Å². The van der Waals surface area contributed by atoms with Crippen molar-refractivity contribution in [3.63, 3.8) is 0 Å². The molecule has 0 atom stereocenters. The highest BCUT2D eigenvalue weighted by molar-refractivity contribution is 7.16. The molecule has 0 spiro atoms. The summed E-state index contributed by atoms with van der Waals surface area (Å²) in [6.45, 7) is 4.95. The van der Waals surface area contributed by atoms with Gasteiger partial charge in [-0.25, -0.2) is 4.98 Å². The van der Waals surface area contributed by atoms with Crippen molar-refractivity contribution >= 4 is 22.9 Å². The van der Waals surface area contributed by atoms with E-state index in [1.165, 1.54) is 4.88 Å². The van der Waals surface area contributed by atoms with Crippen molar-refractivity contribution in [2.75, 3.05) is 13.1 Å². The largest absolute Gasteiger partial charge is 0.334 e. The summed E-state index contributed by atoms with van der Waals surface area (Å²) in [5.41, 5.74) is 0. The van der Waals surface area contributed by atoms with Gasteiger partial charge in [0.2, 0.25) is 0 Å². The monoisotopic (exact) mass is 269 g/mol. The Hall–Kier alpha value is -0.840. The number of imidazole rings is 1. The van der Waals surface area contributed by atoms with Crippen LogP contribution in [0.25, 0.3) is 0 Å². The number of hydrogen-bond acceptors (Lipinski definition) is 3. The van der Waals surface area contributed by atoms with Gasteiger partial charge in [0.25, 0.3) is 0 Å². The first-order valence-corrected chi connectivity index (χ1v) is 6.88. The van der Waals surface area contributed by atoms with Gasteiger partial charge >= 0.3 is 0 Å². The second-order valence-corrected chi connectivity index (χ2v) is 5.67. The molecule has 17 heavy (non-hydrogen) atoms. The van der Waals surface area contributed by atoms with Crippen molar-refractivity contribution < 1.29 is 0 Å². The summed E-state index contributed by atoms with van der Waals surface area (Å²) in [4.78, 5) is 5.52. The van der Waals surface area contributed by atoms with Gasteiger partial charge in [-0.15, -0.1) is 11.3 Å². The van der Waals surface area contributed by atoms with E-state index in [-0.39, 0.29) is 0 Å². The van der Waals surface area contributed by atoms with Crippen LogP contribution >= 0.6 is 22.9 Å². The second kappa shape index (κ2) is 6.19. The molecule has 2 aromatic heterocycles. The Bertz CT molecular complexity index is 464. The fourth-order valence-electron chi connectivity index (χ4n) is 1.66. The van der Waals surface area contributed by atoms with Crippen LogP contribution in [0.5, 0.6) is 0 Å². The van der Waals surface area contributed by atoms with Gasteiger partial charge in [0.1, 0.15) is 5.82 Å². The van der Waals surface area contributed by atoms with Crippen LogP contribution in [0.2, 0.25) is 4.34 Å². The molecule has 0 saturated carbocycles. The summed E-state index contributed by atoms with van der Waals surface area (Å²) < 4.78 is 3.02. The Morgan fingerprint density at radius 1 is 1.41 bits per heavy atom. The molecule has 3 nitrogen and oxygen atoms in total. The number of hydrogen-bond donors (Lipinski definition) is 1. The quantitative estimate of drug-likeness (QED) is 0.818. The summed E-state index contributed by atoms with van der Waals surface area (Å²) in [6, 6.07) is 4.05. The van der Waals surface area contributed by atoms with Crippen LogP contribution in [-0.2, 0) is 13.0 Å². The van der Waals surface area contributed by atoms with Gasteiger partial charge in [-0.2, -0.15) is 0 Å². The fourth-order valence-corrected chi connectivity index (χ4v) is 2.75. The SMILES string of the molecule is Cc1nccn1CCNCCc1ccc(Cl)s1. The average Bonchev–Trinajstić information content (AvgIpc) is 2.88. The van der Waals surface area contributed by atoms with Crippen LogP contribution < -0.4 is 5.32 Å². The summed E-state index contributed by atoms with van der Waals surface area (Å²) in [5, 5.41) is 3.42. The Labute approximate surface area is 110 Å². The van der Waals surface area contributed by atoms with E-state index in [1.807, 2.05) is 25.4 Å². The zero-order valence-corrected chi connectivity index (χ0v) is 11.4. The minimum absolute atomic E-state index is 0.869. The van der Waals surface area contributed by atoms with Gasteiger partial charge in [0.05, 0.1) is 4.34 Å². The molecule has 0 fully saturated rings. The molecule has 0 saturated heterocycles. The first-order chi connectivity index (χ1) is 8.25. The number of thiophene rings is 1. The van der Waals surface area contributed by atoms with Crippen molar-refractivity contribution in [1.82, 2.24) is 14.9 Å². The molecule has 0 aliphatic rings. The van der Waals surface area contributed by atoms with Crippen LogP contribution in [0.1, 0.15) is 10.7 Å². The number of nitrogens with zero attached hydrogens (tertiary/aromatic N) is 2. The van der Waals surface area contributed by atoms with Crippen LogP contribution in [-0.4, -0.2) is 22.6 Å². The van der Waals surface area contributed by atoms with Crippen molar-refractivity contribution in [1.29, 1.82) is 0 Å². The molecular formula is C12H16ClN3S. The summed E-state index contributed by atoms with van der Waals surface area (Å²) in [6.07, 6.45) is 4.89. The molecule has 0 unspecified atom stereocenters. The van der Waals surface area contributed by atoms with Gasteiger partial charge in [-0.05, 0) is 25.5 Å². The number of nitrogens with one attached hydrogen (secondary N) is 1. The maximum atomic E-state index is 5.87. The standard InChI is InChI=1S/C12H16ClN3S/c1-10-15-7-9-16(10)8-6-14-5-4-11-2-3-12(13)17-11/h2-3,7,9,14H,4-6,8H2,1H3. The van der Waals surface area contributed by atoms with Gasteiger partial charge < -0.3 is 9.88 Å². The Morgan fingerprint density at radius 3 is 2.94 bits per heavy atom. The van der Waals surface area contributed by atoms with Crippen LogP contribution in [0.4, 0.5) is 0 Å². The summed E-state index contributed by atoms with van der Waals surface area (Å²) in [5.74, 6) is 1.07. The lowest BCUT2D eigenvalue weighted by Gasteiger charge is -2.06. The third kappa shape index (κ3) is 3.84. The topological polar surface area (TPSA) is 29.9 Å². The van der Waals surface area contributed by atoms with E-state index in [0.29, 0.717) is 0 Å². The van der Waals surface area contributed by atoms with Gasteiger partial charge in [0.15, 0.2) is 0 Å². The third-order valence-corrected chi connectivity index (χ3v) is 3.92. The van der Waals surface area contributed by atoms with E-state index in [1.54, 1.807) is 11.3 Å². The number of aryl methyl sites for hydroxylation is 1. The van der Waals surface area contributed by atoms with Crippen LogP contribution in [0.3, 0.4) is 0 Å². The van der Waals surface area contributed by atoms with E-state index in [4.69, 9.17) is 11.6 Å².